The van der Waals surface area contributed by atoms with Crippen molar-refractivity contribution in [3.05, 3.63) is 35.6 Å². The van der Waals surface area contributed by atoms with Crippen LogP contribution in [0, 0.1) is 11.8 Å². The minimum Gasteiger partial charge on any atom is -0.464 e. The first-order chi connectivity index (χ1) is 9.86. The standard InChI is InChI=1S/C19H24O/c1-2-4-13-5-3-6-17-16(13)8-7-14-12-19-15(9-10-20-19)11-18(14)17/h9-13,16-17H,2-8H2,1H3. The van der Waals surface area contributed by atoms with Gasteiger partial charge in [0.1, 0.15) is 5.58 Å². The van der Waals surface area contributed by atoms with Crippen molar-refractivity contribution in [3.63, 3.8) is 0 Å². The molecule has 3 atom stereocenters. The third-order valence-corrected chi connectivity index (χ3v) is 5.73. The Hall–Kier alpha value is -1.24. The predicted octanol–water partition coefficient (Wildman–Crippen LogP) is 5.68. The van der Waals surface area contributed by atoms with Crippen LogP contribution < -0.4 is 0 Å². The topological polar surface area (TPSA) is 13.1 Å². The lowest BCUT2D eigenvalue weighted by molar-refractivity contribution is 0.170. The van der Waals surface area contributed by atoms with Crippen molar-refractivity contribution >= 4 is 11.0 Å². The van der Waals surface area contributed by atoms with E-state index in [1.807, 2.05) is 6.26 Å². The van der Waals surface area contributed by atoms with Gasteiger partial charge >= 0.3 is 0 Å². The highest BCUT2D eigenvalue weighted by Crippen LogP contribution is 2.49. The monoisotopic (exact) mass is 268 g/mol. The summed E-state index contributed by atoms with van der Waals surface area (Å²) in [5.74, 6) is 2.75. The van der Waals surface area contributed by atoms with Crippen LogP contribution in [0.5, 0.6) is 0 Å². The zero-order valence-corrected chi connectivity index (χ0v) is 12.4. The van der Waals surface area contributed by atoms with Crippen LogP contribution in [0.25, 0.3) is 11.0 Å². The van der Waals surface area contributed by atoms with Crippen LogP contribution in [0.3, 0.4) is 0 Å². The van der Waals surface area contributed by atoms with Crippen molar-refractivity contribution in [2.45, 2.75) is 57.8 Å². The second-order valence-corrected chi connectivity index (χ2v) is 6.80. The second kappa shape index (κ2) is 4.95. The van der Waals surface area contributed by atoms with E-state index in [-0.39, 0.29) is 0 Å². The van der Waals surface area contributed by atoms with Crippen LogP contribution in [-0.4, -0.2) is 0 Å². The van der Waals surface area contributed by atoms with E-state index >= 15 is 0 Å². The van der Waals surface area contributed by atoms with E-state index in [4.69, 9.17) is 4.42 Å². The smallest absolute Gasteiger partial charge is 0.134 e. The summed E-state index contributed by atoms with van der Waals surface area (Å²) in [4.78, 5) is 0. The molecule has 1 aromatic carbocycles. The number of fused-ring (bicyclic) bond motifs is 4. The van der Waals surface area contributed by atoms with Gasteiger partial charge < -0.3 is 4.42 Å². The van der Waals surface area contributed by atoms with Gasteiger partial charge in [0.15, 0.2) is 0 Å². The maximum absolute atomic E-state index is 5.58. The summed E-state index contributed by atoms with van der Waals surface area (Å²) in [5, 5.41) is 1.29. The number of rotatable bonds is 2. The molecule has 0 spiro atoms. The first-order valence-electron chi connectivity index (χ1n) is 8.37. The fraction of sp³-hybridized carbons (Fsp3) is 0.579. The van der Waals surface area contributed by atoms with Gasteiger partial charge in [-0.25, -0.2) is 0 Å². The summed E-state index contributed by atoms with van der Waals surface area (Å²) in [6.07, 6.45) is 11.6. The molecular weight excluding hydrogens is 244 g/mol. The molecular formula is C19H24O. The molecule has 4 rings (SSSR count). The van der Waals surface area contributed by atoms with Crippen molar-refractivity contribution in [2.24, 2.45) is 11.8 Å². The Morgan fingerprint density at radius 2 is 2.15 bits per heavy atom. The molecule has 106 valence electrons. The van der Waals surface area contributed by atoms with Gasteiger partial charge in [-0.1, -0.05) is 32.6 Å². The fourth-order valence-electron chi connectivity index (χ4n) is 4.86. The van der Waals surface area contributed by atoms with Gasteiger partial charge in [-0.3, -0.25) is 0 Å². The molecule has 1 aromatic heterocycles. The van der Waals surface area contributed by atoms with Crippen LogP contribution in [-0.2, 0) is 6.42 Å². The molecule has 0 saturated heterocycles. The molecule has 1 nitrogen and oxygen atoms in total. The highest BCUT2D eigenvalue weighted by Gasteiger charge is 2.37. The molecule has 0 N–H and O–H groups in total. The Labute approximate surface area is 121 Å². The Bertz CT molecular complexity index is 607. The van der Waals surface area contributed by atoms with E-state index in [2.05, 4.69) is 25.1 Å². The third kappa shape index (κ3) is 1.90. The lowest BCUT2D eigenvalue weighted by atomic mass is 9.62. The Morgan fingerprint density at radius 1 is 1.20 bits per heavy atom. The average Bonchev–Trinajstić information content (AvgIpc) is 2.92. The minimum atomic E-state index is 0.823. The number of benzene rings is 1. The van der Waals surface area contributed by atoms with Crippen LogP contribution in [0.15, 0.2) is 28.9 Å². The molecule has 1 heteroatoms. The van der Waals surface area contributed by atoms with E-state index < -0.39 is 0 Å². The van der Waals surface area contributed by atoms with Gasteiger partial charge in [0, 0.05) is 5.39 Å². The average molecular weight is 268 g/mol. The van der Waals surface area contributed by atoms with Gasteiger partial charge in [0.2, 0.25) is 0 Å². The second-order valence-electron chi connectivity index (χ2n) is 6.80. The Kier molecular flexibility index (Phi) is 3.09. The molecule has 2 aromatic rings. The molecule has 0 radical (unpaired) electrons. The zero-order chi connectivity index (χ0) is 13.5. The molecule has 1 fully saturated rings. The quantitative estimate of drug-likeness (QED) is 0.683. The molecule has 1 heterocycles. The molecule has 2 aliphatic carbocycles. The van der Waals surface area contributed by atoms with Gasteiger partial charge in [0.25, 0.3) is 0 Å². The van der Waals surface area contributed by atoms with E-state index in [1.165, 1.54) is 50.3 Å². The highest BCUT2D eigenvalue weighted by molar-refractivity contribution is 5.79. The molecule has 3 unspecified atom stereocenters. The lowest BCUT2D eigenvalue weighted by Gasteiger charge is -2.42. The zero-order valence-electron chi connectivity index (χ0n) is 12.4. The summed E-state index contributed by atoms with van der Waals surface area (Å²) in [7, 11) is 0. The lowest BCUT2D eigenvalue weighted by Crippen LogP contribution is -2.31. The highest BCUT2D eigenvalue weighted by atomic mass is 16.3. The fourth-order valence-corrected chi connectivity index (χ4v) is 4.86. The van der Waals surface area contributed by atoms with Crippen molar-refractivity contribution in [1.29, 1.82) is 0 Å². The Balaban J connectivity index is 1.74. The maximum atomic E-state index is 5.58. The SMILES string of the molecule is CCCC1CCCC2c3cc4ccoc4cc3CCC12. The summed E-state index contributed by atoms with van der Waals surface area (Å²) in [6.45, 7) is 2.34. The molecule has 0 bridgehead atoms. The van der Waals surface area contributed by atoms with Crippen molar-refractivity contribution < 1.29 is 4.42 Å². The molecule has 1 saturated carbocycles. The predicted molar refractivity (Wildman–Crippen MR) is 83.0 cm³/mol. The van der Waals surface area contributed by atoms with Gasteiger partial charge in [-0.2, -0.15) is 0 Å². The van der Waals surface area contributed by atoms with E-state index in [1.54, 1.807) is 11.1 Å². The molecule has 20 heavy (non-hydrogen) atoms. The normalized spacial score (nSPS) is 29.1. The van der Waals surface area contributed by atoms with Crippen LogP contribution in [0.2, 0.25) is 0 Å². The summed E-state index contributed by atoms with van der Waals surface area (Å²) in [6, 6.07) is 6.86. The first-order valence-corrected chi connectivity index (χ1v) is 8.37. The van der Waals surface area contributed by atoms with Crippen LogP contribution in [0.1, 0.15) is 62.5 Å². The summed E-state index contributed by atoms with van der Waals surface area (Å²) < 4.78 is 5.58. The number of aryl methyl sites for hydroxylation is 1. The molecule has 2 aliphatic rings. The largest absolute Gasteiger partial charge is 0.464 e. The van der Waals surface area contributed by atoms with E-state index in [0.29, 0.717) is 0 Å². The van der Waals surface area contributed by atoms with Crippen molar-refractivity contribution in [1.82, 2.24) is 0 Å². The molecule has 0 aliphatic heterocycles. The van der Waals surface area contributed by atoms with E-state index in [0.717, 1.165) is 23.3 Å². The van der Waals surface area contributed by atoms with Gasteiger partial charge in [0.05, 0.1) is 6.26 Å². The molecule has 0 amide bonds. The van der Waals surface area contributed by atoms with Crippen molar-refractivity contribution in [2.75, 3.05) is 0 Å². The van der Waals surface area contributed by atoms with Gasteiger partial charge in [-0.05, 0) is 66.3 Å². The van der Waals surface area contributed by atoms with E-state index in [9.17, 15) is 0 Å². The summed E-state index contributed by atoms with van der Waals surface area (Å²) >= 11 is 0. The van der Waals surface area contributed by atoms with Crippen molar-refractivity contribution in [3.8, 4) is 0 Å². The van der Waals surface area contributed by atoms with Crippen LogP contribution >= 0.6 is 0 Å². The minimum absolute atomic E-state index is 0.823. The number of furan rings is 1. The van der Waals surface area contributed by atoms with Crippen LogP contribution in [0.4, 0.5) is 0 Å². The first kappa shape index (κ1) is 12.5. The third-order valence-electron chi connectivity index (χ3n) is 5.73. The maximum Gasteiger partial charge on any atom is 0.134 e. The number of hydrogen-bond donors (Lipinski definition) is 0. The number of hydrogen-bond acceptors (Lipinski definition) is 1. The Morgan fingerprint density at radius 3 is 3.05 bits per heavy atom. The van der Waals surface area contributed by atoms with Gasteiger partial charge in [-0.15, -0.1) is 0 Å². The summed E-state index contributed by atoms with van der Waals surface area (Å²) in [5.41, 5.74) is 4.28.